The van der Waals surface area contributed by atoms with Crippen LogP contribution in [0.5, 0.6) is 0 Å². The van der Waals surface area contributed by atoms with Gasteiger partial charge in [0.05, 0.1) is 17.0 Å². The molecule has 3 aromatic rings. The van der Waals surface area contributed by atoms with Crippen LogP contribution in [0, 0.1) is 33.4 Å². The molecule has 2 aromatic heterocycles. The Morgan fingerprint density at radius 3 is 2.50 bits per heavy atom. The molecule has 13 heteroatoms. The predicted octanol–water partition coefficient (Wildman–Crippen LogP) is 3.18. The number of hydrogen-bond donors (Lipinski definition) is 1. The van der Waals surface area contributed by atoms with Gasteiger partial charge in [0.25, 0.3) is 0 Å². The van der Waals surface area contributed by atoms with Crippen LogP contribution in [0.25, 0.3) is 0 Å². The second-order valence-electron chi connectivity index (χ2n) is 6.19. The largest absolute Gasteiger partial charge is 0.307 e. The molecule has 1 amide bonds. The Kier molecular flexibility index (Phi) is 5.80. The monoisotopic (exact) mass is 426 g/mol. The number of carbonyl (C=O) groups is 1. The minimum atomic E-state index is -1.54. The van der Waals surface area contributed by atoms with E-state index in [0.717, 1.165) is 21.8 Å². The topological polar surface area (TPSA) is 108 Å². The number of nitrogens with zero attached hydrogens (tertiary/aromatic N) is 5. The van der Waals surface area contributed by atoms with Gasteiger partial charge in [-0.1, -0.05) is 6.92 Å². The summed E-state index contributed by atoms with van der Waals surface area (Å²) in [5.74, 6) is -6.75. The number of amides is 1. The number of carbonyl (C=O) groups excluding carboxylic acids is 1. The average molecular weight is 426 g/mol. The third-order valence-electron chi connectivity index (χ3n) is 4.22. The summed E-state index contributed by atoms with van der Waals surface area (Å²) < 4.78 is 56.3. The van der Waals surface area contributed by atoms with E-state index in [2.05, 4.69) is 15.5 Å². The minimum absolute atomic E-state index is 0.00204. The van der Waals surface area contributed by atoms with Crippen molar-refractivity contribution in [2.75, 3.05) is 5.32 Å². The van der Waals surface area contributed by atoms with Crippen molar-refractivity contribution in [3.8, 4) is 0 Å². The van der Waals surface area contributed by atoms with Crippen molar-refractivity contribution in [2.24, 2.45) is 0 Å². The van der Waals surface area contributed by atoms with Crippen LogP contribution in [-0.2, 0) is 11.3 Å². The lowest BCUT2D eigenvalue weighted by Crippen LogP contribution is -2.26. The molecule has 0 spiro atoms. The van der Waals surface area contributed by atoms with Crippen molar-refractivity contribution in [3.63, 3.8) is 0 Å². The Labute approximate surface area is 166 Å². The van der Waals surface area contributed by atoms with Gasteiger partial charge in [0, 0.05) is 18.3 Å². The summed E-state index contributed by atoms with van der Waals surface area (Å²) in [6.45, 7) is 1.05. The first-order valence-corrected chi connectivity index (χ1v) is 8.56. The Bertz CT molecular complexity index is 1090. The number of anilines is 1. The molecule has 0 fully saturated rings. The Morgan fingerprint density at radius 1 is 1.27 bits per heavy atom. The van der Waals surface area contributed by atoms with Gasteiger partial charge in [-0.25, -0.2) is 17.6 Å². The van der Waals surface area contributed by atoms with E-state index in [0.29, 0.717) is 0 Å². The van der Waals surface area contributed by atoms with Gasteiger partial charge in [0.1, 0.15) is 18.4 Å². The van der Waals surface area contributed by atoms with E-state index in [1.165, 1.54) is 12.3 Å². The number of nitro groups is 1. The van der Waals surface area contributed by atoms with Gasteiger partial charge in [0.15, 0.2) is 29.1 Å². The normalized spacial score (nSPS) is 12.0. The molecule has 0 aliphatic heterocycles. The SMILES string of the molecule is CCC(C(=O)Nc1ccn(Cc2c(F)c(F)cc(F)c2F)n1)n1cc([N+](=O)[O-])cn1. The lowest BCUT2D eigenvalue weighted by molar-refractivity contribution is -0.385. The fraction of sp³-hybridized carbons (Fsp3) is 0.235. The van der Waals surface area contributed by atoms with Crippen LogP contribution in [0.2, 0.25) is 0 Å². The third-order valence-corrected chi connectivity index (χ3v) is 4.22. The highest BCUT2D eigenvalue weighted by Crippen LogP contribution is 2.21. The van der Waals surface area contributed by atoms with Gasteiger partial charge in [0.2, 0.25) is 5.91 Å². The molecule has 1 unspecified atom stereocenters. The van der Waals surface area contributed by atoms with E-state index in [1.54, 1.807) is 6.92 Å². The molecular weight excluding hydrogens is 412 g/mol. The fourth-order valence-corrected chi connectivity index (χ4v) is 2.73. The van der Waals surface area contributed by atoms with Crippen molar-refractivity contribution in [1.29, 1.82) is 0 Å². The molecule has 1 atom stereocenters. The molecule has 158 valence electrons. The second kappa shape index (κ2) is 8.31. The van der Waals surface area contributed by atoms with Gasteiger partial charge < -0.3 is 5.32 Å². The highest BCUT2D eigenvalue weighted by atomic mass is 19.2. The molecule has 1 aromatic carbocycles. The first kappa shape index (κ1) is 21.0. The molecule has 3 rings (SSSR count). The van der Waals surface area contributed by atoms with Gasteiger partial charge in [-0.05, 0) is 6.42 Å². The highest BCUT2D eigenvalue weighted by molar-refractivity contribution is 5.92. The molecule has 0 aliphatic carbocycles. The summed E-state index contributed by atoms with van der Waals surface area (Å²) in [5.41, 5.74) is -1.14. The third kappa shape index (κ3) is 4.14. The number of rotatable bonds is 7. The van der Waals surface area contributed by atoms with Crippen LogP contribution in [0.15, 0.2) is 30.7 Å². The predicted molar refractivity (Wildman–Crippen MR) is 94.4 cm³/mol. The second-order valence-corrected chi connectivity index (χ2v) is 6.19. The van der Waals surface area contributed by atoms with E-state index in [4.69, 9.17) is 0 Å². The van der Waals surface area contributed by atoms with E-state index in [1.807, 2.05) is 0 Å². The summed E-state index contributed by atoms with van der Waals surface area (Å²) in [7, 11) is 0. The van der Waals surface area contributed by atoms with Crippen molar-refractivity contribution in [2.45, 2.75) is 25.9 Å². The van der Waals surface area contributed by atoms with Crippen LogP contribution >= 0.6 is 0 Å². The molecule has 0 saturated heterocycles. The van der Waals surface area contributed by atoms with E-state index >= 15 is 0 Å². The van der Waals surface area contributed by atoms with E-state index < -0.39 is 52.2 Å². The summed E-state index contributed by atoms with van der Waals surface area (Å²) >= 11 is 0. The van der Waals surface area contributed by atoms with Crippen molar-refractivity contribution in [3.05, 3.63) is 69.7 Å². The molecular formula is C17H14F4N6O3. The standard InChI is InChI=1S/C17H14F4N6O3/c1-2-13(26-7-9(6-22-26)27(29)30)17(28)23-14-3-4-25(24-14)8-10-15(20)11(18)5-12(19)16(10)21/h3-7,13H,2,8H2,1H3,(H,23,24,28). The number of nitrogens with one attached hydrogen (secondary N) is 1. The van der Waals surface area contributed by atoms with Crippen LogP contribution in [-0.4, -0.2) is 30.4 Å². The maximum atomic E-state index is 13.8. The average Bonchev–Trinajstić information content (AvgIpc) is 3.34. The summed E-state index contributed by atoms with van der Waals surface area (Å²) in [6, 6.07) is 0.533. The number of halogens is 4. The van der Waals surface area contributed by atoms with Crippen molar-refractivity contribution >= 4 is 17.4 Å². The van der Waals surface area contributed by atoms with E-state index in [9.17, 15) is 32.5 Å². The fourth-order valence-electron chi connectivity index (χ4n) is 2.73. The molecule has 30 heavy (non-hydrogen) atoms. The zero-order chi connectivity index (χ0) is 22.0. The van der Waals surface area contributed by atoms with Crippen LogP contribution in [0.1, 0.15) is 24.9 Å². The van der Waals surface area contributed by atoms with Gasteiger partial charge in [-0.15, -0.1) is 0 Å². The molecule has 0 radical (unpaired) electrons. The molecule has 0 saturated carbocycles. The van der Waals surface area contributed by atoms with Crippen LogP contribution < -0.4 is 5.32 Å². The quantitative estimate of drug-likeness (QED) is 0.270. The zero-order valence-electron chi connectivity index (χ0n) is 15.4. The molecule has 9 nitrogen and oxygen atoms in total. The lowest BCUT2D eigenvalue weighted by Gasteiger charge is -2.14. The van der Waals surface area contributed by atoms with Gasteiger partial charge in [-0.3, -0.25) is 24.3 Å². The lowest BCUT2D eigenvalue weighted by atomic mass is 10.2. The number of aromatic nitrogens is 4. The number of benzene rings is 1. The first-order chi connectivity index (χ1) is 14.2. The van der Waals surface area contributed by atoms with Gasteiger partial charge >= 0.3 is 5.69 Å². The smallest absolute Gasteiger partial charge is 0.307 e. The molecule has 0 bridgehead atoms. The number of hydrogen-bond acceptors (Lipinski definition) is 5. The molecule has 1 N–H and O–H groups in total. The highest BCUT2D eigenvalue weighted by Gasteiger charge is 2.23. The zero-order valence-corrected chi connectivity index (χ0v) is 15.4. The summed E-state index contributed by atoms with van der Waals surface area (Å²) in [6.07, 6.45) is 3.61. The van der Waals surface area contributed by atoms with E-state index in [-0.39, 0.29) is 24.0 Å². The van der Waals surface area contributed by atoms with Gasteiger partial charge in [-0.2, -0.15) is 10.2 Å². The summed E-state index contributed by atoms with van der Waals surface area (Å²) in [4.78, 5) is 22.6. The maximum absolute atomic E-state index is 13.8. The van der Waals surface area contributed by atoms with Crippen molar-refractivity contribution in [1.82, 2.24) is 19.6 Å². The first-order valence-electron chi connectivity index (χ1n) is 8.56. The Morgan fingerprint density at radius 2 is 1.93 bits per heavy atom. The summed E-state index contributed by atoms with van der Waals surface area (Å²) in [5, 5.41) is 20.9. The molecule has 0 aliphatic rings. The maximum Gasteiger partial charge on any atom is 0.307 e. The Hall–Kier alpha value is -3.77. The van der Waals surface area contributed by atoms with Crippen LogP contribution in [0.4, 0.5) is 29.1 Å². The van der Waals surface area contributed by atoms with Crippen LogP contribution in [0.3, 0.4) is 0 Å². The molecule has 2 heterocycles. The minimum Gasteiger partial charge on any atom is -0.307 e. The Balaban J connectivity index is 1.75. The van der Waals surface area contributed by atoms with Crippen molar-refractivity contribution < 1.29 is 27.3 Å².